The number of sulfonamides is 1. The molecule has 2 aliphatic heterocycles. The Hall–Kier alpha value is -2.42. The Morgan fingerprint density at radius 2 is 1.68 bits per heavy atom. The van der Waals surface area contributed by atoms with E-state index in [-0.39, 0.29) is 10.8 Å². The predicted octanol–water partition coefficient (Wildman–Crippen LogP) is 2.55. The molecule has 2 aromatic carbocycles. The summed E-state index contributed by atoms with van der Waals surface area (Å²) in [5, 5.41) is 2.92. The topological polar surface area (TPSA) is 79.0 Å². The van der Waals surface area contributed by atoms with Crippen molar-refractivity contribution in [2.45, 2.75) is 31.2 Å². The van der Waals surface area contributed by atoms with Gasteiger partial charge in [0.1, 0.15) is 0 Å². The number of nitrogens with zero attached hydrogens (tertiary/aromatic N) is 2. The first-order chi connectivity index (χ1) is 14.9. The van der Waals surface area contributed by atoms with Crippen LogP contribution in [0.2, 0.25) is 0 Å². The molecule has 0 aromatic heterocycles. The Bertz CT molecular complexity index is 1030. The number of benzene rings is 2. The molecule has 0 atom stereocenters. The average Bonchev–Trinajstić information content (AvgIpc) is 3.35. The van der Waals surface area contributed by atoms with Crippen LogP contribution in [-0.2, 0) is 21.3 Å². The third kappa shape index (κ3) is 4.92. The van der Waals surface area contributed by atoms with Crippen molar-refractivity contribution in [3.05, 3.63) is 59.2 Å². The molecule has 1 amide bonds. The summed E-state index contributed by atoms with van der Waals surface area (Å²) in [5.41, 5.74) is 3.28. The summed E-state index contributed by atoms with van der Waals surface area (Å²) in [6, 6.07) is 12.9. The Kier molecular flexibility index (Phi) is 6.60. The first-order valence-electron chi connectivity index (χ1n) is 10.8. The van der Waals surface area contributed by atoms with Gasteiger partial charge in [-0.1, -0.05) is 18.2 Å². The van der Waals surface area contributed by atoms with Crippen LogP contribution in [0.15, 0.2) is 47.4 Å². The quantitative estimate of drug-likeness (QED) is 0.742. The Morgan fingerprint density at radius 3 is 2.35 bits per heavy atom. The van der Waals surface area contributed by atoms with Crippen molar-refractivity contribution in [3.8, 4) is 0 Å². The molecule has 2 heterocycles. The summed E-state index contributed by atoms with van der Waals surface area (Å²) < 4.78 is 32.6. The second kappa shape index (κ2) is 9.38. The van der Waals surface area contributed by atoms with Crippen LogP contribution in [0.1, 0.15) is 34.3 Å². The molecule has 8 heteroatoms. The Labute approximate surface area is 184 Å². The van der Waals surface area contributed by atoms with E-state index >= 15 is 0 Å². The zero-order valence-corrected chi connectivity index (χ0v) is 18.7. The molecule has 4 rings (SSSR count). The molecular weight excluding hydrogens is 414 g/mol. The molecule has 2 saturated heterocycles. The first-order valence-corrected chi connectivity index (χ1v) is 12.2. The maximum Gasteiger partial charge on any atom is 0.251 e. The molecule has 0 spiro atoms. The molecule has 0 aliphatic carbocycles. The Balaban J connectivity index is 1.42. The van der Waals surface area contributed by atoms with Crippen LogP contribution in [-0.4, -0.2) is 58.0 Å². The summed E-state index contributed by atoms with van der Waals surface area (Å²) in [7, 11) is -3.55. The zero-order valence-electron chi connectivity index (χ0n) is 17.8. The number of carbonyl (C=O) groups is 1. The van der Waals surface area contributed by atoms with Gasteiger partial charge in [0.25, 0.3) is 5.91 Å². The highest BCUT2D eigenvalue weighted by Crippen LogP contribution is 2.23. The largest absolute Gasteiger partial charge is 0.378 e. The van der Waals surface area contributed by atoms with Crippen molar-refractivity contribution in [3.63, 3.8) is 0 Å². The smallest absolute Gasteiger partial charge is 0.251 e. The molecule has 1 N–H and O–H groups in total. The minimum absolute atomic E-state index is 0.181. The van der Waals surface area contributed by atoms with E-state index in [1.807, 2.05) is 19.1 Å². The fraction of sp³-hybridized carbons (Fsp3) is 0.435. The lowest BCUT2D eigenvalue weighted by Gasteiger charge is -2.28. The highest BCUT2D eigenvalue weighted by Gasteiger charge is 2.28. The number of aryl methyl sites for hydroxylation is 1. The van der Waals surface area contributed by atoms with Crippen LogP contribution in [0, 0.1) is 6.92 Å². The number of rotatable bonds is 6. The summed E-state index contributed by atoms with van der Waals surface area (Å²) in [5.74, 6) is -0.270. The van der Waals surface area contributed by atoms with Gasteiger partial charge in [-0.15, -0.1) is 0 Å². The number of carbonyl (C=O) groups excluding carboxylic acids is 1. The van der Waals surface area contributed by atoms with Crippen LogP contribution in [0.4, 0.5) is 5.69 Å². The van der Waals surface area contributed by atoms with Gasteiger partial charge in [-0.05, 0) is 55.2 Å². The van der Waals surface area contributed by atoms with Crippen molar-refractivity contribution in [2.75, 3.05) is 44.3 Å². The van der Waals surface area contributed by atoms with Crippen LogP contribution < -0.4 is 10.2 Å². The van der Waals surface area contributed by atoms with Crippen molar-refractivity contribution >= 4 is 21.6 Å². The molecule has 0 bridgehead atoms. The second-order valence-electron chi connectivity index (χ2n) is 8.04. The Morgan fingerprint density at radius 1 is 1.00 bits per heavy atom. The van der Waals surface area contributed by atoms with Crippen LogP contribution >= 0.6 is 0 Å². The molecule has 0 saturated carbocycles. The van der Waals surface area contributed by atoms with Gasteiger partial charge in [0.05, 0.1) is 18.1 Å². The van der Waals surface area contributed by atoms with Crippen molar-refractivity contribution in [1.82, 2.24) is 9.62 Å². The third-order valence-electron chi connectivity index (χ3n) is 5.92. The van der Waals surface area contributed by atoms with E-state index < -0.39 is 10.0 Å². The molecule has 7 nitrogen and oxygen atoms in total. The standard InChI is InChI=1S/C23H29N3O4S/c1-18-4-9-21(31(28,29)26-10-2-3-11-26)16-22(18)23(27)24-17-19-5-7-20(8-6-19)25-12-14-30-15-13-25/h4-9,16H,2-3,10-15,17H2,1H3,(H,24,27). The average molecular weight is 444 g/mol. The van der Waals surface area contributed by atoms with E-state index in [0.29, 0.717) is 25.2 Å². The van der Waals surface area contributed by atoms with Gasteiger partial charge in [0.2, 0.25) is 10.0 Å². The molecule has 0 radical (unpaired) electrons. The normalized spacial score (nSPS) is 17.6. The lowest BCUT2D eigenvalue weighted by molar-refractivity contribution is 0.0950. The van der Waals surface area contributed by atoms with Crippen molar-refractivity contribution in [1.29, 1.82) is 0 Å². The third-order valence-corrected chi connectivity index (χ3v) is 7.82. The lowest BCUT2D eigenvalue weighted by atomic mass is 10.1. The molecule has 2 aromatic rings. The molecule has 166 valence electrons. The van der Waals surface area contributed by atoms with Gasteiger partial charge in [-0.25, -0.2) is 8.42 Å². The number of hydrogen-bond acceptors (Lipinski definition) is 5. The van der Waals surface area contributed by atoms with Gasteiger partial charge in [-0.2, -0.15) is 4.31 Å². The highest BCUT2D eigenvalue weighted by molar-refractivity contribution is 7.89. The van der Waals surface area contributed by atoms with E-state index in [9.17, 15) is 13.2 Å². The van der Waals surface area contributed by atoms with Crippen LogP contribution in [0.25, 0.3) is 0 Å². The monoisotopic (exact) mass is 443 g/mol. The van der Waals surface area contributed by atoms with Gasteiger partial charge < -0.3 is 15.0 Å². The van der Waals surface area contributed by atoms with Crippen LogP contribution in [0.3, 0.4) is 0 Å². The molecule has 31 heavy (non-hydrogen) atoms. The minimum Gasteiger partial charge on any atom is -0.378 e. The van der Waals surface area contributed by atoms with E-state index in [0.717, 1.165) is 56.0 Å². The van der Waals surface area contributed by atoms with E-state index in [1.165, 1.54) is 10.4 Å². The SMILES string of the molecule is Cc1ccc(S(=O)(=O)N2CCCC2)cc1C(=O)NCc1ccc(N2CCOCC2)cc1. The van der Waals surface area contributed by atoms with Crippen molar-refractivity contribution < 1.29 is 17.9 Å². The first kappa shape index (κ1) is 21.8. The molecular formula is C23H29N3O4S. The number of ether oxygens (including phenoxy) is 1. The number of morpholine rings is 1. The number of amides is 1. The lowest BCUT2D eigenvalue weighted by Crippen LogP contribution is -2.36. The maximum absolute atomic E-state index is 12.8. The minimum atomic E-state index is -3.55. The van der Waals surface area contributed by atoms with E-state index in [4.69, 9.17) is 4.74 Å². The zero-order chi connectivity index (χ0) is 21.8. The highest BCUT2D eigenvalue weighted by atomic mass is 32.2. The summed E-state index contributed by atoms with van der Waals surface area (Å²) >= 11 is 0. The van der Waals surface area contributed by atoms with E-state index in [2.05, 4.69) is 22.3 Å². The summed E-state index contributed by atoms with van der Waals surface area (Å²) in [6.45, 7) is 6.52. The molecule has 2 aliphatic rings. The van der Waals surface area contributed by atoms with Gasteiger partial charge in [0, 0.05) is 44.0 Å². The van der Waals surface area contributed by atoms with E-state index in [1.54, 1.807) is 12.1 Å². The van der Waals surface area contributed by atoms with Gasteiger partial charge in [0.15, 0.2) is 0 Å². The number of anilines is 1. The number of nitrogens with one attached hydrogen (secondary N) is 1. The summed E-state index contributed by atoms with van der Waals surface area (Å²) in [6.07, 6.45) is 1.76. The second-order valence-corrected chi connectivity index (χ2v) is 9.97. The predicted molar refractivity (Wildman–Crippen MR) is 120 cm³/mol. The molecule has 2 fully saturated rings. The van der Waals surface area contributed by atoms with Crippen LogP contribution in [0.5, 0.6) is 0 Å². The van der Waals surface area contributed by atoms with Gasteiger partial charge >= 0.3 is 0 Å². The summed E-state index contributed by atoms with van der Waals surface area (Å²) in [4.78, 5) is 15.3. The number of hydrogen-bond donors (Lipinski definition) is 1. The van der Waals surface area contributed by atoms with Crippen molar-refractivity contribution in [2.24, 2.45) is 0 Å². The fourth-order valence-corrected chi connectivity index (χ4v) is 5.55. The fourth-order valence-electron chi connectivity index (χ4n) is 4.01. The maximum atomic E-state index is 12.8. The van der Waals surface area contributed by atoms with Gasteiger partial charge in [-0.3, -0.25) is 4.79 Å². The molecule has 0 unspecified atom stereocenters.